The number of hydrogen-bond donors (Lipinski definition) is 0. The highest BCUT2D eigenvalue weighted by atomic mass is 32.1. The maximum atomic E-state index is 2.45. The van der Waals surface area contributed by atoms with Gasteiger partial charge in [-0.25, -0.2) is 0 Å². The predicted molar refractivity (Wildman–Crippen MR) is 215 cm³/mol. The van der Waals surface area contributed by atoms with Crippen molar-refractivity contribution in [3.05, 3.63) is 176 Å². The second-order valence-electron chi connectivity index (χ2n) is 12.5. The number of benzene rings is 8. The summed E-state index contributed by atoms with van der Waals surface area (Å²) < 4.78 is 5.22. The summed E-state index contributed by atoms with van der Waals surface area (Å²) in [4.78, 5) is 2.45. The second kappa shape index (κ2) is 11.5. The van der Waals surface area contributed by atoms with Crippen LogP contribution in [0.5, 0.6) is 0 Å². The molecule has 0 aliphatic heterocycles. The molecule has 0 bridgehead atoms. The molecule has 0 atom stereocenters. The van der Waals surface area contributed by atoms with Crippen LogP contribution in [0, 0.1) is 0 Å². The van der Waals surface area contributed by atoms with E-state index in [-0.39, 0.29) is 0 Å². The van der Waals surface area contributed by atoms with Gasteiger partial charge in [0.05, 0.1) is 10.4 Å². The minimum atomic E-state index is 1.14. The fourth-order valence-electron chi connectivity index (χ4n) is 7.28. The minimum absolute atomic E-state index is 1.14. The van der Waals surface area contributed by atoms with Gasteiger partial charge in [-0.2, -0.15) is 0 Å². The molecule has 0 fully saturated rings. The largest absolute Gasteiger partial charge is 0.309 e. The van der Waals surface area contributed by atoms with Gasteiger partial charge >= 0.3 is 0 Å². The molecule has 0 spiro atoms. The van der Waals surface area contributed by atoms with E-state index in [9.17, 15) is 0 Å². The summed E-state index contributed by atoms with van der Waals surface area (Å²) in [6.45, 7) is 0. The zero-order valence-corrected chi connectivity index (χ0v) is 28.1. The topological polar surface area (TPSA) is 3.24 Å². The molecule has 0 aliphatic rings. The summed E-state index contributed by atoms with van der Waals surface area (Å²) in [6.07, 6.45) is 0. The van der Waals surface area contributed by atoms with E-state index in [4.69, 9.17) is 0 Å². The lowest BCUT2D eigenvalue weighted by Crippen LogP contribution is -2.09. The van der Waals surface area contributed by atoms with E-state index in [1.54, 1.807) is 0 Å². The third kappa shape index (κ3) is 4.74. The van der Waals surface area contributed by atoms with Crippen molar-refractivity contribution in [1.29, 1.82) is 0 Å². The van der Waals surface area contributed by atoms with Crippen LogP contribution in [0.3, 0.4) is 0 Å². The molecule has 0 radical (unpaired) electrons. The Morgan fingerprint density at radius 2 is 1.00 bits per heavy atom. The van der Waals surface area contributed by atoms with Crippen molar-refractivity contribution < 1.29 is 0 Å². The van der Waals surface area contributed by atoms with E-state index < -0.39 is 0 Å². The van der Waals surface area contributed by atoms with E-state index >= 15 is 0 Å². The Morgan fingerprint density at radius 3 is 1.88 bits per heavy atom. The van der Waals surface area contributed by atoms with E-state index in [1.807, 2.05) is 22.7 Å². The van der Waals surface area contributed by atoms with Crippen molar-refractivity contribution in [3.63, 3.8) is 0 Å². The molecule has 1 nitrogen and oxygen atoms in total. The number of hydrogen-bond acceptors (Lipinski definition) is 3. The van der Waals surface area contributed by atoms with Gasteiger partial charge < -0.3 is 4.90 Å². The Kier molecular flexibility index (Phi) is 6.61. The smallest absolute Gasteiger partial charge is 0.0640 e. The first kappa shape index (κ1) is 28.3. The molecule has 0 amide bonds. The van der Waals surface area contributed by atoms with Gasteiger partial charge in [-0.05, 0) is 75.5 Å². The van der Waals surface area contributed by atoms with Crippen LogP contribution in [0.2, 0.25) is 0 Å². The monoisotopic (exact) mass is 659 g/mol. The molecule has 10 rings (SSSR count). The summed E-state index contributed by atoms with van der Waals surface area (Å²) in [6, 6.07) is 64.4. The van der Waals surface area contributed by atoms with Crippen molar-refractivity contribution in [2.75, 3.05) is 4.90 Å². The van der Waals surface area contributed by atoms with Crippen LogP contribution in [-0.4, -0.2) is 0 Å². The first-order valence-corrected chi connectivity index (χ1v) is 18.2. The fourth-order valence-corrected chi connectivity index (χ4v) is 9.76. The first-order valence-electron chi connectivity index (χ1n) is 16.6. The SMILES string of the molecule is c1ccc(-c2ccc(N(c3ccc4c(c3)sc3ccccc34)c3cccc4c3sc3c(-c5ccc6ccccc6c5)cccc34)cc2)cc1. The molecule has 8 aromatic carbocycles. The zero-order chi connectivity index (χ0) is 32.3. The summed E-state index contributed by atoms with van der Waals surface area (Å²) in [5.41, 5.74) is 8.45. The molecular weight excluding hydrogens is 631 g/mol. The fraction of sp³-hybridized carbons (Fsp3) is 0. The molecule has 49 heavy (non-hydrogen) atoms. The average Bonchev–Trinajstić information content (AvgIpc) is 3.74. The number of fused-ring (bicyclic) bond motifs is 7. The number of nitrogens with zero attached hydrogens (tertiary/aromatic N) is 1. The third-order valence-electron chi connectivity index (χ3n) is 9.66. The molecule has 0 saturated carbocycles. The third-order valence-corrected chi connectivity index (χ3v) is 12.1. The van der Waals surface area contributed by atoms with Crippen molar-refractivity contribution >= 4 is 90.9 Å². The lowest BCUT2D eigenvalue weighted by atomic mass is 9.99. The van der Waals surface area contributed by atoms with Gasteiger partial charge in [-0.3, -0.25) is 0 Å². The molecule has 0 unspecified atom stereocenters. The first-order chi connectivity index (χ1) is 24.3. The van der Waals surface area contributed by atoms with Gasteiger partial charge in [0.1, 0.15) is 0 Å². The highest BCUT2D eigenvalue weighted by Crippen LogP contribution is 2.48. The Bertz CT molecular complexity index is 2830. The van der Waals surface area contributed by atoms with Gasteiger partial charge in [-0.1, -0.05) is 133 Å². The molecule has 10 aromatic rings. The lowest BCUT2D eigenvalue weighted by molar-refractivity contribution is 1.31. The summed E-state index contributed by atoms with van der Waals surface area (Å²) in [5.74, 6) is 0. The molecule has 0 N–H and O–H groups in total. The standard InChI is InChI=1S/C46H29NS2/c1-2-10-30(11-3-1)32-22-24-35(25-23-32)47(36-26-27-39-38-14-6-7-19-43(38)48-44(39)29-36)42-18-9-17-41-40-16-8-15-37(45(40)49-46(41)42)34-21-20-31-12-4-5-13-33(31)28-34/h1-29H. The average molecular weight is 660 g/mol. The van der Waals surface area contributed by atoms with Crippen molar-refractivity contribution in [3.8, 4) is 22.3 Å². The molecule has 0 aliphatic carbocycles. The minimum Gasteiger partial charge on any atom is -0.309 e. The van der Waals surface area contributed by atoms with Crippen molar-refractivity contribution in [2.24, 2.45) is 0 Å². The Balaban J connectivity index is 1.18. The van der Waals surface area contributed by atoms with E-state index in [2.05, 4.69) is 181 Å². The van der Waals surface area contributed by atoms with Crippen molar-refractivity contribution in [2.45, 2.75) is 0 Å². The Hall–Kier alpha value is -5.74. The van der Waals surface area contributed by atoms with Gasteiger partial charge in [0.25, 0.3) is 0 Å². The summed E-state index contributed by atoms with van der Waals surface area (Å²) in [5, 5.41) is 7.74. The van der Waals surface area contributed by atoms with Gasteiger partial charge in [-0.15, -0.1) is 22.7 Å². The van der Waals surface area contributed by atoms with Crippen LogP contribution in [0.1, 0.15) is 0 Å². The normalized spacial score (nSPS) is 11.7. The van der Waals surface area contributed by atoms with Gasteiger partial charge in [0, 0.05) is 47.0 Å². The quantitative estimate of drug-likeness (QED) is 0.178. The number of anilines is 3. The Labute approximate surface area is 292 Å². The summed E-state index contributed by atoms with van der Waals surface area (Å²) >= 11 is 3.77. The highest BCUT2D eigenvalue weighted by Gasteiger charge is 2.20. The van der Waals surface area contributed by atoms with Crippen LogP contribution in [0.15, 0.2) is 176 Å². The number of rotatable bonds is 5. The number of thiophene rings is 2. The molecule has 3 heteroatoms. The van der Waals surface area contributed by atoms with Crippen LogP contribution in [0.25, 0.3) is 73.4 Å². The Morgan fingerprint density at radius 1 is 0.347 bits per heavy atom. The molecule has 0 saturated heterocycles. The molecular formula is C46H29NS2. The maximum absolute atomic E-state index is 2.45. The zero-order valence-electron chi connectivity index (χ0n) is 26.5. The van der Waals surface area contributed by atoms with E-state index in [0.29, 0.717) is 0 Å². The molecule has 230 valence electrons. The van der Waals surface area contributed by atoms with Crippen LogP contribution in [0.4, 0.5) is 17.1 Å². The van der Waals surface area contributed by atoms with Crippen LogP contribution in [-0.2, 0) is 0 Å². The molecule has 2 aromatic heterocycles. The maximum Gasteiger partial charge on any atom is 0.0640 e. The summed E-state index contributed by atoms with van der Waals surface area (Å²) in [7, 11) is 0. The van der Waals surface area contributed by atoms with Crippen molar-refractivity contribution in [1.82, 2.24) is 0 Å². The van der Waals surface area contributed by atoms with E-state index in [0.717, 1.165) is 11.4 Å². The lowest BCUT2D eigenvalue weighted by Gasteiger charge is -2.26. The highest BCUT2D eigenvalue weighted by molar-refractivity contribution is 7.27. The van der Waals surface area contributed by atoms with E-state index in [1.165, 1.54) is 79.1 Å². The van der Waals surface area contributed by atoms with Crippen LogP contribution >= 0.6 is 22.7 Å². The van der Waals surface area contributed by atoms with Crippen LogP contribution < -0.4 is 4.90 Å². The predicted octanol–water partition coefficient (Wildman–Crippen LogP) is 14.4. The second-order valence-corrected chi connectivity index (χ2v) is 14.6. The molecule has 2 heterocycles. The van der Waals surface area contributed by atoms with Gasteiger partial charge in [0.15, 0.2) is 0 Å². The van der Waals surface area contributed by atoms with Gasteiger partial charge in [0.2, 0.25) is 0 Å².